The fourth-order valence-electron chi connectivity index (χ4n) is 3.20. The Kier molecular flexibility index (Phi) is 8.63. The van der Waals surface area contributed by atoms with Crippen molar-refractivity contribution in [3.05, 3.63) is 30.3 Å². The minimum absolute atomic E-state index is 0.178. The van der Waals surface area contributed by atoms with Crippen LogP contribution in [0.15, 0.2) is 30.3 Å². The molecule has 1 fully saturated rings. The molecule has 0 heterocycles. The molecule has 5 nitrogen and oxygen atoms in total. The van der Waals surface area contributed by atoms with E-state index in [1.807, 2.05) is 30.3 Å². The van der Waals surface area contributed by atoms with E-state index in [-0.39, 0.29) is 12.6 Å². The summed E-state index contributed by atoms with van der Waals surface area (Å²) in [6, 6.07) is 9.52. The highest BCUT2D eigenvalue weighted by Crippen LogP contribution is 2.27. The maximum Gasteiger partial charge on any atom is 0.307 e. The number of nitrogens with two attached hydrogens (primary N) is 1. The molecule has 3 N–H and O–H groups in total. The summed E-state index contributed by atoms with van der Waals surface area (Å²) in [4.78, 5) is 11.7. The molecule has 2 atom stereocenters. The van der Waals surface area contributed by atoms with Gasteiger partial charge in [-0.15, -0.1) is 0 Å². The highest BCUT2D eigenvalue weighted by Gasteiger charge is 2.20. The summed E-state index contributed by atoms with van der Waals surface area (Å²) in [5, 5.41) is 3.37. The van der Waals surface area contributed by atoms with Crippen molar-refractivity contribution in [2.24, 2.45) is 17.6 Å². The second kappa shape index (κ2) is 11.0. The maximum absolute atomic E-state index is 11.7. The summed E-state index contributed by atoms with van der Waals surface area (Å²) in [7, 11) is 0. The molecular formula is C19H30N2O3. The fourth-order valence-corrected chi connectivity index (χ4v) is 3.20. The van der Waals surface area contributed by atoms with Crippen molar-refractivity contribution in [2.45, 2.75) is 32.1 Å². The molecule has 2 unspecified atom stereocenters. The number of carbonyl (C=O) groups excluding carboxylic acids is 1. The van der Waals surface area contributed by atoms with Crippen molar-refractivity contribution in [1.29, 1.82) is 0 Å². The standard InChI is InChI=1S/C19H30N2O3/c20-14-16-5-4-6-17(13-16)15-21-10-9-19(22)24-12-11-23-18-7-2-1-3-8-18/h1-3,7-8,16-17,21H,4-6,9-15,20H2. The summed E-state index contributed by atoms with van der Waals surface area (Å²) in [6.45, 7) is 3.11. The first-order valence-corrected chi connectivity index (χ1v) is 9.02. The van der Waals surface area contributed by atoms with E-state index in [1.54, 1.807) is 0 Å². The van der Waals surface area contributed by atoms with Gasteiger partial charge in [-0.2, -0.15) is 0 Å². The first-order valence-electron chi connectivity index (χ1n) is 9.02. The average Bonchev–Trinajstić information content (AvgIpc) is 2.63. The normalized spacial score (nSPS) is 20.5. The molecule has 1 aromatic rings. The lowest BCUT2D eigenvalue weighted by atomic mass is 9.81. The maximum atomic E-state index is 11.7. The second-order valence-corrected chi connectivity index (χ2v) is 6.47. The predicted octanol–water partition coefficient (Wildman–Crippen LogP) is 2.35. The van der Waals surface area contributed by atoms with Gasteiger partial charge in [0.2, 0.25) is 0 Å². The van der Waals surface area contributed by atoms with Crippen molar-refractivity contribution in [2.75, 3.05) is 32.8 Å². The molecule has 0 saturated heterocycles. The Labute approximate surface area is 144 Å². The third-order valence-corrected chi connectivity index (χ3v) is 4.52. The average molecular weight is 334 g/mol. The molecule has 5 heteroatoms. The summed E-state index contributed by atoms with van der Waals surface area (Å²) < 4.78 is 10.6. The van der Waals surface area contributed by atoms with Gasteiger partial charge in [-0.25, -0.2) is 0 Å². The van der Waals surface area contributed by atoms with Gasteiger partial charge in [0, 0.05) is 6.54 Å². The lowest BCUT2D eigenvalue weighted by Crippen LogP contribution is -2.31. The summed E-state index contributed by atoms with van der Waals surface area (Å²) in [5.41, 5.74) is 5.76. The van der Waals surface area contributed by atoms with Crippen LogP contribution in [0, 0.1) is 11.8 Å². The van der Waals surface area contributed by atoms with Crippen molar-refractivity contribution < 1.29 is 14.3 Å². The third-order valence-electron chi connectivity index (χ3n) is 4.52. The van der Waals surface area contributed by atoms with E-state index in [0.717, 1.165) is 18.8 Å². The number of nitrogens with one attached hydrogen (secondary N) is 1. The van der Waals surface area contributed by atoms with Crippen LogP contribution in [0.5, 0.6) is 5.75 Å². The lowest BCUT2D eigenvalue weighted by Gasteiger charge is -2.28. The van der Waals surface area contributed by atoms with Gasteiger partial charge in [0.25, 0.3) is 0 Å². The van der Waals surface area contributed by atoms with Gasteiger partial charge in [0.05, 0.1) is 6.42 Å². The number of benzene rings is 1. The van der Waals surface area contributed by atoms with Crippen molar-refractivity contribution >= 4 is 5.97 Å². The Morgan fingerprint density at radius 1 is 1.17 bits per heavy atom. The second-order valence-electron chi connectivity index (χ2n) is 6.47. The molecule has 24 heavy (non-hydrogen) atoms. The van der Waals surface area contributed by atoms with Gasteiger partial charge in [-0.3, -0.25) is 4.79 Å². The molecule has 1 aliphatic rings. The highest BCUT2D eigenvalue weighted by molar-refractivity contribution is 5.69. The molecule has 1 aromatic carbocycles. The summed E-state index contributed by atoms with van der Waals surface area (Å²) in [5.74, 6) is 1.99. The summed E-state index contributed by atoms with van der Waals surface area (Å²) in [6.07, 6.45) is 5.43. The van der Waals surface area contributed by atoms with Crippen molar-refractivity contribution in [1.82, 2.24) is 5.32 Å². The van der Waals surface area contributed by atoms with E-state index in [0.29, 0.717) is 31.4 Å². The minimum atomic E-state index is -0.178. The van der Waals surface area contributed by atoms with Gasteiger partial charge in [-0.1, -0.05) is 24.6 Å². The van der Waals surface area contributed by atoms with Crippen LogP contribution in [-0.4, -0.2) is 38.8 Å². The third kappa shape index (κ3) is 7.32. The smallest absolute Gasteiger partial charge is 0.307 e. The molecule has 0 radical (unpaired) electrons. The largest absolute Gasteiger partial charge is 0.490 e. The first-order chi connectivity index (χ1) is 11.8. The zero-order valence-electron chi connectivity index (χ0n) is 14.4. The zero-order valence-corrected chi connectivity index (χ0v) is 14.4. The van der Waals surface area contributed by atoms with Crippen LogP contribution in [0.4, 0.5) is 0 Å². The number of hydrogen-bond donors (Lipinski definition) is 2. The van der Waals surface area contributed by atoms with Gasteiger partial charge in [0.1, 0.15) is 19.0 Å². The summed E-state index contributed by atoms with van der Waals surface area (Å²) >= 11 is 0. The zero-order chi connectivity index (χ0) is 17.0. The molecule has 0 aromatic heterocycles. The van der Waals surface area contributed by atoms with Crippen LogP contribution in [0.1, 0.15) is 32.1 Å². The molecule has 0 aliphatic heterocycles. The minimum Gasteiger partial charge on any atom is -0.490 e. The van der Waals surface area contributed by atoms with E-state index in [9.17, 15) is 4.79 Å². The van der Waals surface area contributed by atoms with Gasteiger partial charge in [-0.05, 0) is 56.3 Å². The van der Waals surface area contributed by atoms with Crippen LogP contribution in [0.3, 0.4) is 0 Å². The van der Waals surface area contributed by atoms with E-state index in [1.165, 1.54) is 25.7 Å². The van der Waals surface area contributed by atoms with E-state index in [4.69, 9.17) is 15.2 Å². The van der Waals surface area contributed by atoms with Crippen LogP contribution in [0.25, 0.3) is 0 Å². The number of esters is 1. The molecule has 1 aliphatic carbocycles. The van der Waals surface area contributed by atoms with Gasteiger partial charge < -0.3 is 20.5 Å². The monoisotopic (exact) mass is 334 g/mol. The van der Waals surface area contributed by atoms with Crippen molar-refractivity contribution in [3.8, 4) is 5.75 Å². The SMILES string of the molecule is NCC1CCCC(CNCCC(=O)OCCOc2ccccc2)C1. The molecule has 1 saturated carbocycles. The molecule has 0 spiro atoms. The predicted molar refractivity (Wildman–Crippen MR) is 94.9 cm³/mol. The number of hydrogen-bond acceptors (Lipinski definition) is 5. The van der Waals surface area contributed by atoms with E-state index in [2.05, 4.69) is 5.32 Å². The Morgan fingerprint density at radius 3 is 2.75 bits per heavy atom. The van der Waals surface area contributed by atoms with Gasteiger partial charge >= 0.3 is 5.97 Å². The van der Waals surface area contributed by atoms with Crippen LogP contribution >= 0.6 is 0 Å². The number of rotatable bonds is 10. The lowest BCUT2D eigenvalue weighted by molar-refractivity contribution is -0.144. The van der Waals surface area contributed by atoms with Gasteiger partial charge in [0.15, 0.2) is 0 Å². The van der Waals surface area contributed by atoms with Crippen molar-refractivity contribution in [3.63, 3.8) is 0 Å². The van der Waals surface area contributed by atoms with Crippen LogP contribution in [-0.2, 0) is 9.53 Å². The number of ether oxygens (including phenoxy) is 2. The molecule has 2 rings (SSSR count). The number of carbonyl (C=O) groups is 1. The highest BCUT2D eigenvalue weighted by atomic mass is 16.6. The quantitative estimate of drug-likeness (QED) is 0.507. The molecule has 0 bridgehead atoms. The van der Waals surface area contributed by atoms with Crippen LogP contribution < -0.4 is 15.8 Å². The molecular weight excluding hydrogens is 304 g/mol. The molecule has 134 valence electrons. The fraction of sp³-hybridized carbons (Fsp3) is 0.632. The Bertz CT molecular complexity index is 467. The first kappa shape index (κ1) is 18.7. The van der Waals surface area contributed by atoms with E-state index >= 15 is 0 Å². The topological polar surface area (TPSA) is 73.6 Å². The Hall–Kier alpha value is -1.59. The Morgan fingerprint density at radius 2 is 1.96 bits per heavy atom. The van der Waals surface area contributed by atoms with Crippen LogP contribution in [0.2, 0.25) is 0 Å². The Balaban J connectivity index is 1.46. The van der Waals surface area contributed by atoms with E-state index < -0.39 is 0 Å². The molecule has 0 amide bonds. The number of para-hydroxylation sites is 1.